The Balaban J connectivity index is 2.11. The summed E-state index contributed by atoms with van der Waals surface area (Å²) in [6.45, 7) is 0.524. The van der Waals surface area contributed by atoms with Gasteiger partial charge in [-0.05, 0) is 18.2 Å². The van der Waals surface area contributed by atoms with Crippen LogP contribution in [0.3, 0.4) is 0 Å². The molecular formula is C11H7Cl2N3O. The Morgan fingerprint density at radius 1 is 1.29 bits per heavy atom. The molecule has 0 saturated heterocycles. The van der Waals surface area contributed by atoms with Gasteiger partial charge in [-0.3, -0.25) is 0 Å². The van der Waals surface area contributed by atoms with E-state index < -0.39 is 0 Å². The van der Waals surface area contributed by atoms with E-state index in [-0.39, 0.29) is 0 Å². The van der Waals surface area contributed by atoms with Crippen molar-refractivity contribution in [1.29, 1.82) is 0 Å². The van der Waals surface area contributed by atoms with Crippen molar-refractivity contribution >= 4 is 34.1 Å². The number of nitrogens with zero attached hydrogens (tertiary/aromatic N) is 3. The predicted octanol–water partition coefficient (Wildman–Crippen LogP) is 3.38. The Hall–Kier alpha value is -1.52. The van der Waals surface area contributed by atoms with Crippen LogP contribution in [0.25, 0.3) is 10.9 Å². The molecule has 0 unspecified atom stereocenters. The van der Waals surface area contributed by atoms with Gasteiger partial charge in [0.15, 0.2) is 5.82 Å². The minimum Gasteiger partial charge on any atom is -0.343 e. The zero-order valence-electron chi connectivity index (χ0n) is 8.60. The maximum atomic E-state index is 6.11. The molecule has 0 radical (unpaired) electrons. The number of hydrogen-bond acceptors (Lipinski definition) is 3. The summed E-state index contributed by atoms with van der Waals surface area (Å²) in [5, 5.41) is 5.97. The van der Waals surface area contributed by atoms with Gasteiger partial charge < -0.3 is 9.09 Å². The van der Waals surface area contributed by atoms with E-state index in [0.29, 0.717) is 22.4 Å². The van der Waals surface area contributed by atoms with Crippen LogP contribution in [-0.2, 0) is 6.54 Å². The number of benzene rings is 1. The van der Waals surface area contributed by atoms with Crippen LogP contribution in [0.2, 0.25) is 10.0 Å². The highest BCUT2D eigenvalue weighted by molar-refractivity contribution is 6.38. The van der Waals surface area contributed by atoms with Gasteiger partial charge in [0.25, 0.3) is 0 Å². The van der Waals surface area contributed by atoms with Crippen LogP contribution in [0.4, 0.5) is 0 Å². The normalized spacial score (nSPS) is 11.2. The average molecular weight is 268 g/mol. The van der Waals surface area contributed by atoms with Gasteiger partial charge in [0, 0.05) is 16.6 Å². The first-order valence-electron chi connectivity index (χ1n) is 4.93. The number of fused-ring (bicyclic) bond motifs is 1. The standard InChI is InChI=1S/C11H7Cl2N3O/c12-7-3-9(13)8-1-2-16(10(8)4-7)5-11-14-6-17-15-11/h1-4,6H,5H2. The predicted molar refractivity (Wildman–Crippen MR) is 65.4 cm³/mol. The summed E-state index contributed by atoms with van der Waals surface area (Å²) in [6, 6.07) is 5.53. The molecule has 6 heteroatoms. The largest absolute Gasteiger partial charge is 0.343 e. The van der Waals surface area contributed by atoms with Crippen LogP contribution in [-0.4, -0.2) is 14.7 Å². The summed E-state index contributed by atoms with van der Waals surface area (Å²) in [7, 11) is 0. The summed E-state index contributed by atoms with van der Waals surface area (Å²) in [5.74, 6) is 0.610. The quantitative estimate of drug-likeness (QED) is 0.715. The number of halogens is 2. The van der Waals surface area contributed by atoms with Crippen molar-refractivity contribution < 1.29 is 4.52 Å². The lowest BCUT2D eigenvalue weighted by molar-refractivity contribution is 0.408. The van der Waals surface area contributed by atoms with Gasteiger partial charge in [-0.25, -0.2) is 0 Å². The highest BCUT2D eigenvalue weighted by Gasteiger charge is 2.08. The van der Waals surface area contributed by atoms with Crippen molar-refractivity contribution in [2.45, 2.75) is 6.54 Å². The molecule has 2 heterocycles. The van der Waals surface area contributed by atoms with Crippen LogP contribution in [0.15, 0.2) is 35.3 Å². The number of hydrogen-bond donors (Lipinski definition) is 0. The number of aromatic nitrogens is 3. The molecule has 0 fully saturated rings. The Bertz CT molecular complexity index is 661. The van der Waals surface area contributed by atoms with Crippen molar-refractivity contribution in [3.05, 3.63) is 46.7 Å². The summed E-state index contributed by atoms with van der Waals surface area (Å²) in [6.07, 6.45) is 3.23. The number of rotatable bonds is 2. The average Bonchev–Trinajstić information content (AvgIpc) is 2.89. The van der Waals surface area contributed by atoms with Crippen molar-refractivity contribution in [3.63, 3.8) is 0 Å². The maximum absolute atomic E-state index is 6.11. The van der Waals surface area contributed by atoms with Gasteiger partial charge in [-0.15, -0.1) is 0 Å². The summed E-state index contributed by atoms with van der Waals surface area (Å²) < 4.78 is 6.67. The second kappa shape index (κ2) is 4.05. The molecule has 0 bridgehead atoms. The minimum absolute atomic E-state index is 0.524. The zero-order valence-corrected chi connectivity index (χ0v) is 10.1. The smallest absolute Gasteiger partial charge is 0.213 e. The molecule has 0 aliphatic heterocycles. The molecule has 0 N–H and O–H groups in total. The Kier molecular flexibility index (Phi) is 2.53. The lowest BCUT2D eigenvalue weighted by atomic mass is 10.2. The molecule has 17 heavy (non-hydrogen) atoms. The Morgan fingerprint density at radius 3 is 2.94 bits per heavy atom. The maximum Gasteiger partial charge on any atom is 0.213 e. The van der Waals surface area contributed by atoms with Gasteiger partial charge in [0.05, 0.1) is 17.1 Å². The molecule has 0 atom stereocenters. The van der Waals surface area contributed by atoms with Crippen LogP contribution >= 0.6 is 23.2 Å². The fourth-order valence-electron chi connectivity index (χ4n) is 1.77. The fourth-order valence-corrected chi connectivity index (χ4v) is 2.32. The molecule has 0 spiro atoms. The van der Waals surface area contributed by atoms with Crippen LogP contribution in [0.1, 0.15) is 5.82 Å². The van der Waals surface area contributed by atoms with Crippen molar-refractivity contribution in [2.75, 3.05) is 0 Å². The molecular weight excluding hydrogens is 261 g/mol. The second-order valence-electron chi connectivity index (χ2n) is 3.61. The van der Waals surface area contributed by atoms with Crippen molar-refractivity contribution in [1.82, 2.24) is 14.7 Å². The van der Waals surface area contributed by atoms with Gasteiger partial charge in [-0.1, -0.05) is 28.4 Å². The van der Waals surface area contributed by atoms with Crippen LogP contribution in [0.5, 0.6) is 0 Å². The third-order valence-corrected chi connectivity index (χ3v) is 3.05. The third-order valence-electron chi connectivity index (χ3n) is 2.52. The summed E-state index contributed by atoms with van der Waals surface area (Å²) in [5.41, 5.74) is 0.951. The van der Waals surface area contributed by atoms with E-state index in [1.54, 1.807) is 6.07 Å². The van der Waals surface area contributed by atoms with Gasteiger partial charge >= 0.3 is 0 Å². The fraction of sp³-hybridized carbons (Fsp3) is 0.0909. The Labute approximate surface area is 107 Å². The van der Waals surface area contributed by atoms with E-state index in [4.69, 9.17) is 27.7 Å². The topological polar surface area (TPSA) is 43.9 Å². The molecule has 1 aromatic carbocycles. The first-order valence-corrected chi connectivity index (χ1v) is 5.69. The molecule has 0 saturated carbocycles. The van der Waals surface area contributed by atoms with Crippen LogP contribution < -0.4 is 0 Å². The molecule has 4 nitrogen and oxygen atoms in total. The van der Waals surface area contributed by atoms with Gasteiger partial charge in [0.2, 0.25) is 6.39 Å². The van der Waals surface area contributed by atoms with Crippen LogP contribution in [0, 0.1) is 0 Å². The van der Waals surface area contributed by atoms with E-state index >= 15 is 0 Å². The van der Waals surface area contributed by atoms with E-state index in [9.17, 15) is 0 Å². The van der Waals surface area contributed by atoms with E-state index in [2.05, 4.69) is 10.1 Å². The molecule has 0 aliphatic rings. The monoisotopic (exact) mass is 267 g/mol. The van der Waals surface area contributed by atoms with E-state index in [1.165, 1.54) is 6.39 Å². The second-order valence-corrected chi connectivity index (χ2v) is 4.46. The summed E-state index contributed by atoms with van der Waals surface area (Å²) in [4.78, 5) is 3.98. The lowest BCUT2D eigenvalue weighted by Crippen LogP contribution is -1.99. The first-order chi connectivity index (χ1) is 8.24. The van der Waals surface area contributed by atoms with Gasteiger partial charge in [-0.2, -0.15) is 4.98 Å². The Morgan fingerprint density at radius 2 is 2.18 bits per heavy atom. The van der Waals surface area contributed by atoms with Crippen molar-refractivity contribution in [2.24, 2.45) is 0 Å². The minimum atomic E-state index is 0.524. The lowest BCUT2D eigenvalue weighted by Gasteiger charge is -2.03. The summed E-state index contributed by atoms with van der Waals surface area (Å²) >= 11 is 12.1. The third kappa shape index (κ3) is 1.90. The SMILES string of the molecule is Clc1cc(Cl)c2ccn(Cc3ncon3)c2c1. The highest BCUT2D eigenvalue weighted by atomic mass is 35.5. The molecule has 3 rings (SSSR count). The highest BCUT2D eigenvalue weighted by Crippen LogP contribution is 2.28. The van der Waals surface area contributed by atoms with Crippen molar-refractivity contribution in [3.8, 4) is 0 Å². The zero-order chi connectivity index (χ0) is 11.8. The molecule has 3 aromatic rings. The molecule has 86 valence electrons. The van der Waals surface area contributed by atoms with E-state index in [1.807, 2.05) is 22.9 Å². The molecule has 2 aromatic heterocycles. The molecule has 0 aliphatic carbocycles. The first kappa shape index (κ1) is 10.6. The molecule has 0 amide bonds. The van der Waals surface area contributed by atoms with E-state index in [0.717, 1.165) is 10.9 Å². The van der Waals surface area contributed by atoms with Gasteiger partial charge in [0.1, 0.15) is 0 Å².